The van der Waals surface area contributed by atoms with Gasteiger partial charge >= 0.3 is 24.5 Å². The summed E-state index contributed by atoms with van der Waals surface area (Å²) in [7, 11) is 0.890. The highest BCUT2D eigenvalue weighted by atomic mass is 19.4. The largest absolute Gasteiger partial charge is 0.465 e. The Balaban J connectivity index is 1.04. The number of likely N-dealkylation sites (tertiary alicyclic amines) is 1. The summed E-state index contributed by atoms with van der Waals surface area (Å²) >= 11 is 0. The van der Waals surface area contributed by atoms with Gasteiger partial charge in [0.15, 0.2) is 0 Å². The fourth-order valence-corrected chi connectivity index (χ4v) is 9.68. The molecule has 5 heterocycles. The van der Waals surface area contributed by atoms with Gasteiger partial charge in [-0.25, -0.2) is 19.6 Å². The Kier molecular flexibility index (Phi) is 16.5. The molecule has 77 heavy (non-hydrogen) atoms. The number of carboxylic acid groups (broad SMARTS) is 1. The van der Waals surface area contributed by atoms with Crippen molar-refractivity contribution in [2.45, 2.75) is 121 Å². The van der Waals surface area contributed by atoms with Gasteiger partial charge < -0.3 is 40.5 Å². The summed E-state index contributed by atoms with van der Waals surface area (Å²) in [6.45, 7) is 4.99. The average Bonchev–Trinajstić information content (AvgIpc) is 3.74. The molecule has 2 bridgehead atoms. The lowest BCUT2D eigenvalue weighted by molar-refractivity contribution is -0.221. The molecule has 3 saturated heterocycles. The number of amides is 4. The Morgan fingerprint density at radius 1 is 0.779 bits per heavy atom. The van der Waals surface area contributed by atoms with Crippen LogP contribution in [0.3, 0.4) is 0 Å². The maximum absolute atomic E-state index is 14.6. The van der Waals surface area contributed by atoms with E-state index in [1.165, 1.54) is 0 Å². The van der Waals surface area contributed by atoms with Crippen LogP contribution in [-0.2, 0) is 32.0 Å². The number of nitrogens with one attached hydrogen (secondary N) is 4. The first-order valence-electron chi connectivity index (χ1n) is 25.1. The molecule has 1 aliphatic carbocycles. The summed E-state index contributed by atoms with van der Waals surface area (Å²) < 4.78 is 98.7. The van der Waals surface area contributed by atoms with Gasteiger partial charge in [-0.2, -0.15) is 31.4 Å². The first-order chi connectivity index (χ1) is 36.3. The molecular weight excluding hydrogens is 1020 g/mol. The number of nitrogens with zero attached hydrogens (tertiary/aromatic N) is 6. The molecule has 4 amide bonds. The predicted octanol–water partition coefficient (Wildman–Crippen LogP) is 5.80. The fourth-order valence-electron chi connectivity index (χ4n) is 9.68. The Hall–Kier alpha value is -6.94. The zero-order valence-electron chi connectivity index (χ0n) is 43.0. The van der Waals surface area contributed by atoms with Crippen molar-refractivity contribution < 1.29 is 65.2 Å². The van der Waals surface area contributed by atoms with E-state index in [4.69, 9.17) is 9.72 Å². The van der Waals surface area contributed by atoms with Gasteiger partial charge in [-0.05, 0) is 94.8 Å². The molecule has 414 valence electrons. The normalized spacial score (nSPS) is 19.6. The van der Waals surface area contributed by atoms with Gasteiger partial charge in [-0.3, -0.25) is 24.6 Å². The Morgan fingerprint density at radius 2 is 1.40 bits per heavy atom. The van der Waals surface area contributed by atoms with E-state index in [1.54, 1.807) is 60.0 Å². The number of fused-ring (bicyclic) bond motifs is 2. The maximum atomic E-state index is 14.6. The summed E-state index contributed by atoms with van der Waals surface area (Å²) in [6, 6.07) is 14.2. The smallest absolute Gasteiger partial charge is 0.407 e. The third kappa shape index (κ3) is 13.1. The summed E-state index contributed by atoms with van der Waals surface area (Å²) in [5.74, 6) is 4.19. The number of hydrogen-bond donors (Lipinski definition) is 6. The highest BCUT2D eigenvalue weighted by Crippen LogP contribution is 2.42. The molecule has 3 aliphatic heterocycles. The van der Waals surface area contributed by atoms with E-state index in [1.807, 2.05) is 34.4 Å². The number of aliphatic hydroxyl groups is 1. The summed E-state index contributed by atoms with van der Waals surface area (Å²) in [4.78, 5) is 61.8. The van der Waals surface area contributed by atoms with Crippen LogP contribution in [-0.4, -0.2) is 154 Å². The van der Waals surface area contributed by atoms with E-state index in [0.717, 1.165) is 63.5 Å². The van der Waals surface area contributed by atoms with E-state index in [9.17, 15) is 55.7 Å². The lowest BCUT2D eigenvalue weighted by Gasteiger charge is -2.42. The van der Waals surface area contributed by atoms with Crippen molar-refractivity contribution in [2.24, 2.45) is 10.8 Å². The molecule has 1 saturated carbocycles. The Labute approximate surface area is 440 Å². The highest BCUT2D eigenvalue weighted by molar-refractivity contribution is 5.87. The molecule has 2 aromatic heterocycles. The van der Waals surface area contributed by atoms with Crippen LogP contribution in [0.1, 0.15) is 75.3 Å². The molecule has 18 nitrogen and oxygen atoms in total. The van der Waals surface area contributed by atoms with Gasteiger partial charge in [-0.1, -0.05) is 48.2 Å². The third-order valence-electron chi connectivity index (χ3n) is 14.9. The lowest BCUT2D eigenvalue weighted by atomic mass is 9.82. The van der Waals surface area contributed by atoms with Crippen molar-refractivity contribution in [1.82, 2.24) is 46.0 Å². The molecule has 6 atom stereocenters. The van der Waals surface area contributed by atoms with Gasteiger partial charge in [0.2, 0.25) is 5.91 Å². The average molecular weight is 1080 g/mol. The van der Waals surface area contributed by atoms with Crippen LogP contribution < -0.4 is 26.3 Å². The maximum Gasteiger partial charge on any atom is 0.407 e. The number of halogens is 6. The monoisotopic (exact) mass is 1080 g/mol. The Morgan fingerprint density at radius 3 is 1.95 bits per heavy atom. The highest BCUT2D eigenvalue weighted by Gasteiger charge is 2.57. The van der Waals surface area contributed by atoms with E-state index in [2.05, 4.69) is 42.2 Å². The second-order valence-corrected chi connectivity index (χ2v) is 21.2. The van der Waals surface area contributed by atoms with Crippen molar-refractivity contribution in [3.05, 3.63) is 101 Å². The molecule has 24 heteroatoms. The number of hydrazine groups is 1. The van der Waals surface area contributed by atoms with Gasteiger partial charge in [0.1, 0.15) is 17.9 Å². The minimum atomic E-state index is -5.11. The number of hydrogen-bond acceptors (Lipinski definition) is 12. The first-order valence-corrected chi connectivity index (χ1v) is 25.1. The molecule has 0 radical (unpaired) electrons. The van der Waals surface area contributed by atoms with Gasteiger partial charge in [0.05, 0.1) is 61.1 Å². The quantitative estimate of drug-likeness (QED) is 0.0373. The number of pyridine rings is 1. The van der Waals surface area contributed by atoms with Crippen molar-refractivity contribution in [1.29, 1.82) is 0 Å². The zero-order chi connectivity index (χ0) is 55.6. The van der Waals surface area contributed by atoms with Crippen LogP contribution in [0.15, 0.2) is 79.1 Å². The van der Waals surface area contributed by atoms with Gasteiger partial charge in [0.25, 0.3) is 5.91 Å². The van der Waals surface area contributed by atoms with Crippen LogP contribution in [0, 0.1) is 22.7 Å². The zero-order valence-corrected chi connectivity index (χ0v) is 43.0. The number of aromatic nitrogens is 3. The molecule has 0 spiro atoms. The molecule has 2 aromatic carbocycles. The van der Waals surface area contributed by atoms with Crippen LogP contribution >= 0.6 is 0 Å². The SMILES string of the molecule is COC(=O)N[C@H](C(=O)N[C@@H](Cc1ccc(C#Cc2ccc(N3C[C@H]4C[C@@H]3CN4C3COC3)nc2)cc1)[C@@H](O)CN(Cc1ccc(-c2ccn(C3CC3)n2)cc1)NC(=O)[C@@H](NC(=O)O)C(C)(C)C(F)(F)F)C(C)(C)C(F)(F)F. The van der Waals surface area contributed by atoms with E-state index in [-0.39, 0.29) is 13.0 Å². The van der Waals surface area contributed by atoms with Crippen LogP contribution in [0.2, 0.25) is 0 Å². The van der Waals surface area contributed by atoms with Crippen LogP contribution in [0.4, 0.5) is 41.7 Å². The van der Waals surface area contributed by atoms with Crippen LogP contribution in [0.25, 0.3) is 11.3 Å². The second kappa shape index (κ2) is 22.6. The number of alkyl halides is 6. The van der Waals surface area contributed by atoms with Crippen molar-refractivity contribution in [3.8, 4) is 23.1 Å². The summed E-state index contributed by atoms with van der Waals surface area (Å²) in [5.41, 5.74) is -0.149. The summed E-state index contributed by atoms with van der Waals surface area (Å²) in [6.07, 6.45) is -8.98. The molecule has 4 fully saturated rings. The van der Waals surface area contributed by atoms with E-state index >= 15 is 0 Å². The molecule has 0 unspecified atom stereocenters. The lowest BCUT2D eigenvalue weighted by Crippen LogP contribution is -2.63. The molecule has 6 N–H and O–H groups in total. The number of benzene rings is 2. The van der Waals surface area contributed by atoms with E-state index in [0.29, 0.717) is 85.4 Å². The second-order valence-electron chi connectivity index (χ2n) is 21.2. The minimum Gasteiger partial charge on any atom is -0.465 e. The number of piperazine rings is 1. The van der Waals surface area contributed by atoms with Crippen molar-refractivity contribution in [2.75, 3.05) is 44.9 Å². The van der Waals surface area contributed by atoms with Crippen molar-refractivity contribution in [3.63, 3.8) is 0 Å². The number of methoxy groups -OCH3 is 1. The molecular formula is C53H62F6N10O8. The fraction of sp³-hybridized carbons (Fsp3) is 0.509. The number of anilines is 1. The van der Waals surface area contributed by atoms with E-state index < -0.39 is 78.0 Å². The Bertz CT molecular complexity index is 2810. The minimum absolute atomic E-state index is 0.289. The van der Waals surface area contributed by atoms with Crippen molar-refractivity contribution >= 4 is 29.8 Å². The molecule has 4 aromatic rings. The number of carbonyl (C=O) groups excluding carboxylic acids is 3. The molecule has 8 rings (SSSR count). The van der Waals surface area contributed by atoms with Gasteiger partial charge in [-0.15, -0.1) is 0 Å². The number of alkyl carbamates (subject to hydrolysis) is 1. The number of aliphatic hydroxyl groups excluding tert-OH is 1. The number of rotatable bonds is 19. The molecule has 4 aliphatic rings. The summed E-state index contributed by atoms with van der Waals surface area (Å²) in [5, 5.41) is 33.3. The first kappa shape index (κ1) is 56.3. The third-order valence-corrected chi connectivity index (χ3v) is 14.9. The standard InChI is InChI=1S/C53H62F6N10O8/c1-50(2,52(54,55)56)44(63-49(75)76-5)46(71)61-41(22-32-9-6-31(7-10-32)8-11-33-14-19-43(60-24-33)68-27-37-23-38(68)26-67(37)39-29-77-30-39)42(70)28-66(65-47(72)45(62-48(73)74)51(3,4)53(57,58)59)25-34-12-15-35(16-13-34)40-20-21-69(64-40)36-17-18-36/h6-7,9-10,12-16,19-21,24,36-39,41-42,44-45,62,70H,17-18,22-23,25-30H2,1-5H3,(H,61,71)(H,63,75)(H,65,72)(H,73,74)/t37-,38-,41+,42+,44-,45-/m1/s1. The topological polar surface area (TPSA) is 216 Å². The number of ether oxygens (including phenoxy) is 2. The predicted molar refractivity (Wildman–Crippen MR) is 268 cm³/mol. The van der Waals surface area contributed by atoms with Gasteiger partial charge in [0, 0.05) is 67.3 Å². The van der Waals surface area contributed by atoms with Crippen LogP contribution in [0.5, 0.6) is 0 Å². The number of carbonyl (C=O) groups is 4.